The van der Waals surface area contributed by atoms with Crippen LogP contribution in [-0.2, 0) is 9.53 Å². The Balaban J connectivity index is 3.98. The van der Waals surface area contributed by atoms with Crippen molar-refractivity contribution in [1.82, 2.24) is 0 Å². The summed E-state index contributed by atoms with van der Waals surface area (Å²) in [7, 11) is 1.57. The quantitative estimate of drug-likeness (QED) is 0.637. The third-order valence-corrected chi connectivity index (χ3v) is 2.38. The summed E-state index contributed by atoms with van der Waals surface area (Å²) in [4.78, 5) is 11.6. The van der Waals surface area contributed by atoms with Gasteiger partial charge in [0.05, 0.1) is 0 Å². The fraction of sp³-hybridized carbons (Fsp3) is 0.909. The average Bonchev–Trinajstić information content (AvgIpc) is 2.01. The predicted molar refractivity (Wildman–Crippen MR) is 54.7 cm³/mol. The highest BCUT2D eigenvalue weighted by Gasteiger charge is 2.26. The van der Waals surface area contributed by atoms with Crippen LogP contribution in [0.4, 0.5) is 0 Å². The van der Waals surface area contributed by atoms with E-state index >= 15 is 0 Å². The molecule has 0 aromatic rings. The number of Topliss-reactive ketones (excluding diaryl/α,β-unsaturated/α-hetero) is 1. The molecule has 0 radical (unpaired) electrons. The van der Waals surface area contributed by atoms with Crippen molar-refractivity contribution in [2.45, 2.75) is 40.5 Å². The number of hydrogen-bond acceptors (Lipinski definition) is 2. The molecule has 0 amide bonds. The first kappa shape index (κ1) is 12.6. The van der Waals surface area contributed by atoms with Gasteiger partial charge in [-0.15, -0.1) is 0 Å². The smallest absolute Gasteiger partial charge is 0.164 e. The number of rotatable bonds is 6. The maximum absolute atomic E-state index is 11.6. The molecule has 0 saturated carbocycles. The molecule has 0 saturated heterocycles. The van der Waals surface area contributed by atoms with Crippen molar-refractivity contribution in [3.05, 3.63) is 0 Å². The summed E-state index contributed by atoms with van der Waals surface area (Å²) in [5, 5.41) is 0. The molecule has 0 aromatic carbocycles. The van der Waals surface area contributed by atoms with Gasteiger partial charge in [0, 0.05) is 12.5 Å². The van der Waals surface area contributed by atoms with Gasteiger partial charge in [0.25, 0.3) is 0 Å². The van der Waals surface area contributed by atoms with Gasteiger partial charge in [-0.05, 0) is 12.3 Å². The maximum atomic E-state index is 11.6. The average molecular weight is 186 g/mol. The minimum atomic E-state index is -0.222. The minimum Gasteiger partial charge on any atom is -0.377 e. The zero-order chi connectivity index (χ0) is 10.5. The molecule has 0 heterocycles. The van der Waals surface area contributed by atoms with E-state index in [4.69, 9.17) is 4.74 Å². The second kappa shape index (κ2) is 5.38. The molecule has 0 aromatic heterocycles. The monoisotopic (exact) mass is 186 g/mol. The molecular formula is C11H22O2. The van der Waals surface area contributed by atoms with Crippen LogP contribution in [0.3, 0.4) is 0 Å². The highest BCUT2D eigenvalue weighted by Crippen LogP contribution is 2.25. The summed E-state index contributed by atoms with van der Waals surface area (Å²) < 4.78 is 4.85. The van der Waals surface area contributed by atoms with E-state index in [0.29, 0.717) is 5.92 Å². The minimum absolute atomic E-state index is 0.204. The van der Waals surface area contributed by atoms with Gasteiger partial charge in [0.2, 0.25) is 0 Å². The van der Waals surface area contributed by atoms with E-state index in [1.54, 1.807) is 7.11 Å². The van der Waals surface area contributed by atoms with Crippen molar-refractivity contribution in [2.75, 3.05) is 13.7 Å². The first-order valence-corrected chi connectivity index (χ1v) is 4.92. The highest BCUT2D eigenvalue weighted by atomic mass is 16.5. The van der Waals surface area contributed by atoms with Crippen LogP contribution in [0.2, 0.25) is 0 Å². The Labute approximate surface area is 81.7 Å². The topological polar surface area (TPSA) is 26.3 Å². The van der Waals surface area contributed by atoms with Crippen LogP contribution in [0.25, 0.3) is 0 Å². The van der Waals surface area contributed by atoms with E-state index in [1.807, 2.05) is 13.8 Å². The molecule has 0 atom stereocenters. The Morgan fingerprint density at radius 3 is 2.31 bits per heavy atom. The van der Waals surface area contributed by atoms with Crippen molar-refractivity contribution in [3.63, 3.8) is 0 Å². The third kappa shape index (κ3) is 5.04. The highest BCUT2D eigenvalue weighted by molar-refractivity contribution is 5.85. The van der Waals surface area contributed by atoms with Crippen LogP contribution in [0, 0.1) is 11.3 Å². The van der Waals surface area contributed by atoms with Gasteiger partial charge in [-0.2, -0.15) is 0 Å². The number of carbonyl (C=O) groups is 1. The van der Waals surface area contributed by atoms with Crippen LogP contribution in [-0.4, -0.2) is 19.5 Å². The Morgan fingerprint density at radius 2 is 1.92 bits per heavy atom. The van der Waals surface area contributed by atoms with Gasteiger partial charge < -0.3 is 4.74 Å². The van der Waals surface area contributed by atoms with E-state index in [2.05, 4.69) is 13.8 Å². The van der Waals surface area contributed by atoms with E-state index in [0.717, 1.165) is 12.8 Å². The summed E-state index contributed by atoms with van der Waals surface area (Å²) in [6.45, 7) is 8.59. The molecule has 0 aliphatic heterocycles. The Bertz CT molecular complexity index is 159. The third-order valence-electron chi connectivity index (χ3n) is 2.38. The second-order valence-corrected chi connectivity index (χ2v) is 4.67. The molecule has 78 valence electrons. The maximum Gasteiger partial charge on any atom is 0.164 e. The van der Waals surface area contributed by atoms with Gasteiger partial charge in [0.1, 0.15) is 6.61 Å². The Morgan fingerprint density at radius 1 is 1.38 bits per heavy atom. The zero-order valence-corrected chi connectivity index (χ0v) is 9.52. The fourth-order valence-electron chi connectivity index (χ4n) is 1.12. The summed E-state index contributed by atoms with van der Waals surface area (Å²) in [6, 6.07) is 0. The summed E-state index contributed by atoms with van der Waals surface area (Å²) in [5.41, 5.74) is -0.222. The molecular weight excluding hydrogens is 164 g/mol. The normalized spacial score (nSPS) is 12.2. The molecule has 2 heteroatoms. The van der Waals surface area contributed by atoms with E-state index in [1.165, 1.54) is 0 Å². The van der Waals surface area contributed by atoms with Gasteiger partial charge in [-0.25, -0.2) is 0 Å². The molecule has 13 heavy (non-hydrogen) atoms. The summed E-state index contributed by atoms with van der Waals surface area (Å²) in [6.07, 6.45) is 2.05. The predicted octanol–water partition coefficient (Wildman–Crippen LogP) is 2.66. The lowest BCUT2D eigenvalue weighted by molar-refractivity contribution is -0.131. The lowest BCUT2D eigenvalue weighted by Gasteiger charge is -2.23. The van der Waals surface area contributed by atoms with Crippen LogP contribution in [0.15, 0.2) is 0 Å². The second-order valence-electron chi connectivity index (χ2n) is 4.67. The van der Waals surface area contributed by atoms with Gasteiger partial charge in [-0.1, -0.05) is 34.1 Å². The van der Waals surface area contributed by atoms with E-state index in [-0.39, 0.29) is 17.8 Å². The molecule has 0 bridgehead atoms. The first-order valence-electron chi connectivity index (χ1n) is 4.92. The number of ketones is 1. The standard InChI is InChI=1S/C11H22O2/c1-9(2)6-7-11(3,4)10(12)8-13-5/h9H,6-8H2,1-5H3. The molecule has 0 aliphatic carbocycles. The fourth-order valence-corrected chi connectivity index (χ4v) is 1.12. The lowest BCUT2D eigenvalue weighted by Crippen LogP contribution is -2.28. The van der Waals surface area contributed by atoms with Gasteiger partial charge in [-0.3, -0.25) is 4.79 Å². The van der Waals surface area contributed by atoms with Crippen molar-refractivity contribution < 1.29 is 9.53 Å². The van der Waals surface area contributed by atoms with Crippen molar-refractivity contribution in [3.8, 4) is 0 Å². The number of ether oxygens (including phenoxy) is 1. The SMILES string of the molecule is COCC(=O)C(C)(C)CCC(C)C. The largest absolute Gasteiger partial charge is 0.377 e. The van der Waals surface area contributed by atoms with Crippen LogP contribution >= 0.6 is 0 Å². The number of hydrogen-bond donors (Lipinski definition) is 0. The lowest BCUT2D eigenvalue weighted by atomic mass is 9.82. The van der Waals surface area contributed by atoms with Crippen LogP contribution in [0.1, 0.15) is 40.5 Å². The Kier molecular flexibility index (Phi) is 5.23. The van der Waals surface area contributed by atoms with Crippen molar-refractivity contribution >= 4 is 5.78 Å². The van der Waals surface area contributed by atoms with Gasteiger partial charge >= 0.3 is 0 Å². The van der Waals surface area contributed by atoms with E-state index < -0.39 is 0 Å². The summed E-state index contributed by atoms with van der Waals surface area (Å²) in [5.74, 6) is 0.866. The van der Waals surface area contributed by atoms with Crippen molar-refractivity contribution in [2.24, 2.45) is 11.3 Å². The van der Waals surface area contributed by atoms with Crippen LogP contribution in [0.5, 0.6) is 0 Å². The van der Waals surface area contributed by atoms with E-state index in [9.17, 15) is 4.79 Å². The Hall–Kier alpha value is -0.370. The van der Waals surface area contributed by atoms with Crippen LogP contribution < -0.4 is 0 Å². The zero-order valence-electron chi connectivity index (χ0n) is 9.52. The molecule has 2 nitrogen and oxygen atoms in total. The molecule has 0 N–H and O–H groups in total. The molecule has 0 fully saturated rings. The molecule has 0 rings (SSSR count). The van der Waals surface area contributed by atoms with Crippen molar-refractivity contribution in [1.29, 1.82) is 0 Å². The number of carbonyl (C=O) groups excluding carboxylic acids is 1. The molecule has 0 spiro atoms. The molecule has 0 unspecified atom stereocenters. The number of methoxy groups -OCH3 is 1. The first-order chi connectivity index (χ1) is 5.90. The van der Waals surface area contributed by atoms with Gasteiger partial charge in [0.15, 0.2) is 5.78 Å². The summed E-state index contributed by atoms with van der Waals surface area (Å²) >= 11 is 0. The molecule has 0 aliphatic rings.